The van der Waals surface area contributed by atoms with Gasteiger partial charge >= 0.3 is 5.97 Å². The van der Waals surface area contributed by atoms with Crippen molar-refractivity contribution in [2.45, 2.75) is 12.8 Å². The van der Waals surface area contributed by atoms with Crippen LogP contribution in [0.5, 0.6) is 5.88 Å². The first-order valence-corrected chi connectivity index (χ1v) is 11.9. The molecule has 35 heavy (non-hydrogen) atoms. The molecule has 4 aromatic rings. The first-order chi connectivity index (χ1) is 16.9. The standard InChI is InChI=1S/C25H22ClN3O5S/c1-29(24(32)16(11-23(30)31)10-18-4-3-9-34-18)25-28-21(14-35-25)20-12-17(26)6-7-19(20)15-5-8-22(33-2)27-13-15/h3-9,12-14,16H,10-11H2,1-2H3,(H,30,31). The van der Waals surface area contributed by atoms with Crippen molar-refractivity contribution < 1.29 is 23.8 Å². The number of aliphatic carboxylic acids is 1. The van der Waals surface area contributed by atoms with Gasteiger partial charge in [-0.15, -0.1) is 11.3 Å². The number of carboxylic acid groups (broad SMARTS) is 1. The van der Waals surface area contributed by atoms with Gasteiger partial charge in [0.25, 0.3) is 0 Å². The molecule has 0 radical (unpaired) electrons. The fourth-order valence-corrected chi connectivity index (χ4v) is 4.65. The van der Waals surface area contributed by atoms with E-state index in [0.29, 0.717) is 27.5 Å². The van der Waals surface area contributed by atoms with Crippen LogP contribution in [0.25, 0.3) is 22.4 Å². The second-order valence-electron chi connectivity index (χ2n) is 7.77. The molecule has 0 aliphatic carbocycles. The van der Waals surface area contributed by atoms with Gasteiger partial charge in [-0.05, 0) is 35.9 Å². The molecule has 0 spiro atoms. The molecule has 1 amide bonds. The highest BCUT2D eigenvalue weighted by Crippen LogP contribution is 2.36. The van der Waals surface area contributed by atoms with Crippen LogP contribution in [0.2, 0.25) is 5.02 Å². The van der Waals surface area contributed by atoms with Gasteiger partial charge in [-0.25, -0.2) is 9.97 Å². The molecular formula is C25H22ClN3O5S. The number of carbonyl (C=O) groups excluding carboxylic acids is 1. The second kappa shape index (κ2) is 10.7. The van der Waals surface area contributed by atoms with Crippen molar-refractivity contribution in [2.24, 2.45) is 5.92 Å². The summed E-state index contributed by atoms with van der Waals surface area (Å²) in [4.78, 5) is 34.9. The Morgan fingerprint density at radius 1 is 1.23 bits per heavy atom. The predicted octanol–water partition coefficient (Wildman–Crippen LogP) is 5.42. The number of rotatable bonds is 9. The number of benzene rings is 1. The Bertz CT molecular complexity index is 1320. The lowest BCUT2D eigenvalue weighted by Crippen LogP contribution is -2.35. The van der Waals surface area contributed by atoms with Gasteiger partial charge in [-0.3, -0.25) is 14.5 Å². The summed E-state index contributed by atoms with van der Waals surface area (Å²) in [5, 5.41) is 12.2. The number of halogens is 1. The van der Waals surface area contributed by atoms with Crippen LogP contribution in [0.15, 0.2) is 64.7 Å². The van der Waals surface area contributed by atoms with Crippen molar-refractivity contribution in [1.29, 1.82) is 0 Å². The second-order valence-corrected chi connectivity index (χ2v) is 9.04. The quantitative estimate of drug-likeness (QED) is 0.319. The van der Waals surface area contributed by atoms with Crippen molar-refractivity contribution in [1.82, 2.24) is 9.97 Å². The van der Waals surface area contributed by atoms with Gasteiger partial charge in [0.2, 0.25) is 11.8 Å². The van der Waals surface area contributed by atoms with Crippen LogP contribution in [0.3, 0.4) is 0 Å². The number of anilines is 1. The summed E-state index contributed by atoms with van der Waals surface area (Å²) >= 11 is 7.58. The third-order valence-electron chi connectivity index (χ3n) is 5.42. The fraction of sp³-hybridized carbons (Fsp3) is 0.200. The zero-order valence-electron chi connectivity index (χ0n) is 19.0. The average molecular weight is 512 g/mol. The van der Waals surface area contributed by atoms with E-state index in [2.05, 4.69) is 9.97 Å². The summed E-state index contributed by atoms with van der Waals surface area (Å²) in [6.07, 6.45) is 3.07. The minimum absolute atomic E-state index is 0.184. The number of thiazole rings is 1. The Balaban J connectivity index is 1.62. The van der Waals surface area contributed by atoms with Crippen LogP contribution in [-0.4, -0.2) is 41.1 Å². The van der Waals surface area contributed by atoms with Gasteiger partial charge in [0.1, 0.15) is 5.76 Å². The van der Waals surface area contributed by atoms with Crippen molar-refractivity contribution >= 4 is 39.9 Å². The molecule has 0 fully saturated rings. The minimum atomic E-state index is -1.06. The Morgan fingerprint density at radius 3 is 2.71 bits per heavy atom. The van der Waals surface area contributed by atoms with Crippen molar-refractivity contribution in [3.63, 3.8) is 0 Å². The monoisotopic (exact) mass is 511 g/mol. The minimum Gasteiger partial charge on any atom is -0.481 e. The van der Waals surface area contributed by atoms with E-state index in [4.69, 9.17) is 20.8 Å². The van der Waals surface area contributed by atoms with E-state index in [1.807, 2.05) is 23.6 Å². The number of amides is 1. The van der Waals surface area contributed by atoms with Gasteiger partial charge in [0, 0.05) is 47.3 Å². The summed E-state index contributed by atoms with van der Waals surface area (Å²) in [7, 11) is 3.15. The topological polar surface area (TPSA) is 106 Å². The van der Waals surface area contributed by atoms with Crippen LogP contribution < -0.4 is 9.64 Å². The predicted molar refractivity (Wildman–Crippen MR) is 134 cm³/mol. The number of nitrogens with zero attached hydrogens (tertiary/aromatic N) is 3. The van der Waals surface area contributed by atoms with Crippen molar-refractivity contribution in [2.75, 3.05) is 19.1 Å². The number of aromatic nitrogens is 2. The number of ether oxygens (including phenoxy) is 1. The maximum Gasteiger partial charge on any atom is 0.304 e. The number of pyridine rings is 1. The number of furan rings is 1. The summed E-state index contributed by atoms with van der Waals surface area (Å²) in [5.41, 5.74) is 3.15. The van der Waals surface area contributed by atoms with Crippen LogP contribution >= 0.6 is 22.9 Å². The summed E-state index contributed by atoms with van der Waals surface area (Å²) in [5.74, 6) is -1.14. The molecule has 180 valence electrons. The van der Waals surface area contributed by atoms with E-state index >= 15 is 0 Å². The van der Waals surface area contributed by atoms with Gasteiger partial charge in [-0.2, -0.15) is 0 Å². The Hall–Kier alpha value is -3.69. The lowest BCUT2D eigenvalue weighted by Gasteiger charge is -2.20. The lowest BCUT2D eigenvalue weighted by atomic mass is 9.98. The molecule has 0 aliphatic rings. The van der Waals surface area contributed by atoms with E-state index in [9.17, 15) is 14.7 Å². The molecule has 0 bridgehead atoms. The highest BCUT2D eigenvalue weighted by Gasteiger charge is 2.28. The van der Waals surface area contributed by atoms with Gasteiger partial charge in [0.05, 0.1) is 31.4 Å². The SMILES string of the molecule is COc1ccc(-c2ccc(Cl)cc2-c2csc(N(C)C(=O)C(CC(=O)O)Cc3ccco3)n2)cn1. The first-order valence-electron chi connectivity index (χ1n) is 10.6. The molecule has 0 saturated heterocycles. The maximum absolute atomic E-state index is 13.2. The smallest absolute Gasteiger partial charge is 0.304 e. The van der Waals surface area contributed by atoms with Crippen LogP contribution in [0.1, 0.15) is 12.2 Å². The Kier molecular flexibility index (Phi) is 7.48. The molecule has 1 atom stereocenters. The van der Waals surface area contributed by atoms with Gasteiger partial charge in [-0.1, -0.05) is 17.7 Å². The van der Waals surface area contributed by atoms with Crippen molar-refractivity contribution in [3.05, 3.63) is 71.1 Å². The largest absolute Gasteiger partial charge is 0.481 e. The molecule has 1 unspecified atom stereocenters. The highest BCUT2D eigenvalue weighted by molar-refractivity contribution is 7.14. The molecule has 8 nitrogen and oxygen atoms in total. The molecular weight excluding hydrogens is 490 g/mol. The Morgan fingerprint density at radius 2 is 2.06 bits per heavy atom. The fourth-order valence-electron chi connectivity index (χ4n) is 3.68. The van der Waals surface area contributed by atoms with Crippen LogP contribution in [0, 0.1) is 5.92 Å². The summed E-state index contributed by atoms with van der Waals surface area (Å²) in [6, 6.07) is 12.6. The third kappa shape index (κ3) is 5.70. The van der Waals surface area contributed by atoms with E-state index in [1.54, 1.807) is 44.6 Å². The van der Waals surface area contributed by atoms with E-state index < -0.39 is 11.9 Å². The molecule has 1 aromatic carbocycles. The number of hydrogen-bond acceptors (Lipinski definition) is 7. The number of carbonyl (C=O) groups is 2. The first kappa shape index (κ1) is 24.4. The van der Waals surface area contributed by atoms with Crippen molar-refractivity contribution in [3.8, 4) is 28.3 Å². The zero-order chi connectivity index (χ0) is 24.9. The Labute approximate surface area is 210 Å². The molecule has 0 saturated carbocycles. The molecule has 0 aliphatic heterocycles. The average Bonchev–Trinajstić information content (AvgIpc) is 3.55. The zero-order valence-corrected chi connectivity index (χ0v) is 20.5. The summed E-state index contributed by atoms with van der Waals surface area (Å²) < 4.78 is 10.5. The molecule has 1 N–H and O–H groups in total. The molecule has 3 heterocycles. The number of methoxy groups -OCH3 is 1. The van der Waals surface area contributed by atoms with Crippen LogP contribution in [-0.2, 0) is 16.0 Å². The summed E-state index contributed by atoms with van der Waals surface area (Å²) in [6.45, 7) is 0. The number of carboxylic acids is 1. The van der Waals surface area contributed by atoms with E-state index in [0.717, 1.165) is 16.7 Å². The van der Waals surface area contributed by atoms with E-state index in [-0.39, 0.29) is 18.7 Å². The van der Waals surface area contributed by atoms with E-state index in [1.165, 1.54) is 22.5 Å². The van der Waals surface area contributed by atoms with Crippen LogP contribution in [0.4, 0.5) is 5.13 Å². The van der Waals surface area contributed by atoms with Gasteiger partial charge in [0.15, 0.2) is 5.13 Å². The normalized spacial score (nSPS) is 11.7. The third-order valence-corrected chi connectivity index (χ3v) is 6.57. The molecule has 10 heteroatoms. The highest BCUT2D eigenvalue weighted by atomic mass is 35.5. The maximum atomic E-state index is 13.2. The molecule has 4 rings (SSSR count). The lowest BCUT2D eigenvalue weighted by molar-refractivity contribution is -0.140. The number of hydrogen-bond donors (Lipinski definition) is 1. The molecule has 3 aromatic heterocycles. The van der Waals surface area contributed by atoms with Gasteiger partial charge < -0.3 is 14.3 Å².